The molecule has 0 spiro atoms. The molecular weight excluding hydrogens is 284 g/mol. The highest BCUT2D eigenvalue weighted by Crippen LogP contribution is 2.31. The lowest BCUT2D eigenvalue weighted by Gasteiger charge is -2.08. The zero-order chi connectivity index (χ0) is 13.8. The van der Waals surface area contributed by atoms with E-state index in [-0.39, 0.29) is 29.5 Å². The van der Waals surface area contributed by atoms with Crippen LogP contribution in [0.15, 0.2) is 18.2 Å². The van der Waals surface area contributed by atoms with Gasteiger partial charge in [-0.15, -0.1) is 0 Å². The molecule has 0 aliphatic carbocycles. The third kappa shape index (κ3) is 4.47. The summed E-state index contributed by atoms with van der Waals surface area (Å²) in [6.07, 6.45) is 0.922. The molecule has 1 aromatic rings. The molecule has 0 aliphatic heterocycles. The predicted molar refractivity (Wildman–Crippen MR) is 67.4 cm³/mol. The molecule has 0 bridgehead atoms. The van der Waals surface area contributed by atoms with Crippen LogP contribution < -0.4 is 5.32 Å². The largest absolute Gasteiger partial charge is 0.376 e. The van der Waals surface area contributed by atoms with Crippen molar-refractivity contribution in [2.24, 2.45) is 0 Å². The molecule has 0 fully saturated rings. The Morgan fingerprint density at radius 2 is 2.17 bits per heavy atom. The molecule has 7 nitrogen and oxygen atoms in total. The SMILES string of the molecule is CS(=O)(=O)OCCNc1c(Cl)cccc1[N+](=O)[O-]. The van der Waals surface area contributed by atoms with E-state index in [1.165, 1.54) is 18.2 Å². The number of nitro groups is 1. The molecule has 0 saturated carbocycles. The highest BCUT2D eigenvalue weighted by Gasteiger charge is 2.16. The Morgan fingerprint density at radius 1 is 1.50 bits per heavy atom. The van der Waals surface area contributed by atoms with Crippen molar-refractivity contribution in [2.45, 2.75) is 0 Å². The van der Waals surface area contributed by atoms with Crippen molar-refractivity contribution in [3.05, 3.63) is 33.3 Å². The minimum absolute atomic E-state index is 0.0810. The predicted octanol–water partition coefficient (Wildman–Crippen LogP) is 1.64. The van der Waals surface area contributed by atoms with Crippen molar-refractivity contribution in [3.8, 4) is 0 Å². The highest BCUT2D eigenvalue weighted by molar-refractivity contribution is 7.85. The van der Waals surface area contributed by atoms with E-state index in [1.807, 2.05) is 0 Å². The van der Waals surface area contributed by atoms with Crippen molar-refractivity contribution < 1.29 is 17.5 Å². The van der Waals surface area contributed by atoms with E-state index in [9.17, 15) is 18.5 Å². The summed E-state index contributed by atoms with van der Waals surface area (Å²) in [4.78, 5) is 10.2. The first-order chi connectivity index (χ1) is 8.31. The third-order valence-corrected chi connectivity index (χ3v) is 2.80. The Labute approximate surface area is 109 Å². The number of nitro benzene ring substituents is 1. The summed E-state index contributed by atoms with van der Waals surface area (Å²) in [7, 11) is -3.52. The molecular formula is C9H11ClN2O5S. The third-order valence-electron chi connectivity index (χ3n) is 1.89. The summed E-state index contributed by atoms with van der Waals surface area (Å²) in [5, 5.41) is 13.6. The van der Waals surface area contributed by atoms with Gasteiger partial charge in [0.1, 0.15) is 5.69 Å². The van der Waals surface area contributed by atoms with Crippen LogP contribution in [0, 0.1) is 10.1 Å². The van der Waals surface area contributed by atoms with Crippen LogP contribution in [0.4, 0.5) is 11.4 Å². The maximum Gasteiger partial charge on any atom is 0.293 e. The maximum atomic E-state index is 10.7. The summed E-state index contributed by atoms with van der Waals surface area (Å²) < 4.78 is 25.9. The van der Waals surface area contributed by atoms with Gasteiger partial charge in [0.05, 0.1) is 22.8 Å². The van der Waals surface area contributed by atoms with E-state index in [1.54, 1.807) is 0 Å². The molecule has 9 heteroatoms. The Morgan fingerprint density at radius 3 is 2.72 bits per heavy atom. The highest BCUT2D eigenvalue weighted by atomic mass is 35.5. The number of anilines is 1. The monoisotopic (exact) mass is 294 g/mol. The number of benzene rings is 1. The van der Waals surface area contributed by atoms with Crippen molar-refractivity contribution in [1.29, 1.82) is 0 Å². The Kier molecular flexibility index (Phi) is 4.88. The molecule has 1 aromatic carbocycles. The molecule has 0 amide bonds. The van der Waals surface area contributed by atoms with Crippen LogP contribution in [-0.2, 0) is 14.3 Å². The van der Waals surface area contributed by atoms with Crippen LogP contribution in [-0.4, -0.2) is 32.7 Å². The van der Waals surface area contributed by atoms with Gasteiger partial charge in [-0.2, -0.15) is 8.42 Å². The average Bonchev–Trinajstić information content (AvgIpc) is 2.24. The quantitative estimate of drug-likeness (QED) is 0.370. The molecule has 0 aromatic heterocycles. The molecule has 0 aliphatic rings. The molecule has 100 valence electrons. The minimum Gasteiger partial charge on any atom is -0.376 e. The Bertz CT molecular complexity index is 546. The lowest BCUT2D eigenvalue weighted by atomic mass is 10.2. The summed E-state index contributed by atoms with van der Waals surface area (Å²) in [6, 6.07) is 4.25. The van der Waals surface area contributed by atoms with Crippen LogP contribution in [0.3, 0.4) is 0 Å². The van der Waals surface area contributed by atoms with Gasteiger partial charge in [0.2, 0.25) is 0 Å². The molecule has 0 unspecified atom stereocenters. The van der Waals surface area contributed by atoms with E-state index in [4.69, 9.17) is 11.6 Å². The second-order valence-corrected chi connectivity index (χ2v) is 5.40. The minimum atomic E-state index is -3.52. The molecule has 1 rings (SSSR count). The van der Waals surface area contributed by atoms with Crippen molar-refractivity contribution in [2.75, 3.05) is 24.7 Å². The second-order valence-electron chi connectivity index (χ2n) is 3.34. The normalized spacial score (nSPS) is 11.2. The zero-order valence-corrected chi connectivity index (χ0v) is 11.0. The van der Waals surface area contributed by atoms with Gasteiger partial charge >= 0.3 is 0 Å². The number of nitrogens with one attached hydrogen (secondary N) is 1. The average molecular weight is 295 g/mol. The molecule has 1 N–H and O–H groups in total. The first kappa shape index (κ1) is 14.7. The fraction of sp³-hybridized carbons (Fsp3) is 0.333. The fourth-order valence-corrected chi connectivity index (χ4v) is 1.83. The number of hydrogen-bond donors (Lipinski definition) is 1. The lowest BCUT2D eigenvalue weighted by molar-refractivity contribution is -0.383. The first-order valence-electron chi connectivity index (χ1n) is 4.82. The summed E-state index contributed by atoms with van der Waals surface area (Å²) in [6.45, 7) is -0.0567. The number of nitrogens with zero attached hydrogens (tertiary/aromatic N) is 1. The van der Waals surface area contributed by atoms with Gasteiger partial charge in [-0.25, -0.2) is 0 Å². The molecule has 0 heterocycles. The van der Waals surface area contributed by atoms with Crippen LogP contribution in [0.25, 0.3) is 0 Å². The van der Waals surface area contributed by atoms with E-state index in [2.05, 4.69) is 9.50 Å². The summed E-state index contributed by atoms with van der Waals surface area (Å²) in [5.41, 5.74) is -0.0388. The van der Waals surface area contributed by atoms with Crippen LogP contribution in [0.1, 0.15) is 0 Å². The van der Waals surface area contributed by atoms with E-state index in [0.29, 0.717) is 0 Å². The van der Waals surface area contributed by atoms with Gasteiger partial charge < -0.3 is 5.32 Å². The van der Waals surface area contributed by atoms with Gasteiger partial charge in [-0.1, -0.05) is 17.7 Å². The standard InChI is InChI=1S/C9H11ClN2O5S/c1-18(15,16)17-6-5-11-9-7(10)3-2-4-8(9)12(13)14/h2-4,11H,5-6H2,1H3. The number of rotatable bonds is 6. The molecule has 18 heavy (non-hydrogen) atoms. The Hall–Kier alpha value is -1.38. The molecule has 0 atom stereocenters. The smallest absolute Gasteiger partial charge is 0.293 e. The number of halogens is 1. The van der Waals surface area contributed by atoms with Crippen LogP contribution in [0.5, 0.6) is 0 Å². The van der Waals surface area contributed by atoms with Crippen molar-refractivity contribution in [3.63, 3.8) is 0 Å². The summed E-state index contributed by atoms with van der Waals surface area (Å²) >= 11 is 5.82. The number of para-hydroxylation sites is 1. The summed E-state index contributed by atoms with van der Waals surface area (Å²) in [5.74, 6) is 0. The van der Waals surface area contributed by atoms with Gasteiger partial charge in [-0.3, -0.25) is 14.3 Å². The Balaban J connectivity index is 2.70. The first-order valence-corrected chi connectivity index (χ1v) is 7.02. The van der Waals surface area contributed by atoms with E-state index < -0.39 is 15.0 Å². The second kappa shape index (κ2) is 5.98. The zero-order valence-electron chi connectivity index (χ0n) is 9.42. The van der Waals surface area contributed by atoms with Crippen molar-refractivity contribution >= 4 is 33.1 Å². The topological polar surface area (TPSA) is 98.5 Å². The van der Waals surface area contributed by atoms with E-state index >= 15 is 0 Å². The van der Waals surface area contributed by atoms with Crippen LogP contribution in [0.2, 0.25) is 5.02 Å². The van der Waals surface area contributed by atoms with Crippen molar-refractivity contribution in [1.82, 2.24) is 0 Å². The molecule has 0 radical (unpaired) electrons. The van der Waals surface area contributed by atoms with E-state index in [0.717, 1.165) is 6.26 Å². The lowest BCUT2D eigenvalue weighted by Crippen LogP contribution is -2.14. The number of hydrogen-bond acceptors (Lipinski definition) is 6. The fourth-order valence-electron chi connectivity index (χ4n) is 1.21. The van der Waals surface area contributed by atoms with Gasteiger partial charge in [0.15, 0.2) is 0 Å². The van der Waals surface area contributed by atoms with Crippen LogP contribution >= 0.6 is 11.6 Å². The van der Waals surface area contributed by atoms with Gasteiger partial charge in [0, 0.05) is 12.6 Å². The van der Waals surface area contributed by atoms with Gasteiger partial charge in [0.25, 0.3) is 15.8 Å². The maximum absolute atomic E-state index is 10.7. The molecule has 0 saturated heterocycles. The van der Waals surface area contributed by atoms with Gasteiger partial charge in [-0.05, 0) is 6.07 Å².